The van der Waals surface area contributed by atoms with E-state index in [-0.39, 0.29) is 25.5 Å². The number of carbonyl (C=O) groups is 1. The minimum absolute atomic E-state index is 0.0170. The number of aliphatic hydroxyl groups is 2. The monoisotopic (exact) mass is 456 g/mol. The van der Waals surface area contributed by atoms with Gasteiger partial charge in [-0.3, -0.25) is 9.69 Å². The first-order valence-electron chi connectivity index (χ1n) is 11.3. The summed E-state index contributed by atoms with van der Waals surface area (Å²) in [7, 11) is 1.67. The average molecular weight is 457 g/mol. The Morgan fingerprint density at radius 2 is 1.70 bits per heavy atom. The Morgan fingerprint density at radius 1 is 1.00 bits per heavy atom. The molecule has 2 aromatic rings. The van der Waals surface area contributed by atoms with Crippen LogP contribution in [0.1, 0.15) is 35.6 Å². The molecule has 0 aromatic heterocycles. The number of carbonyl (C=O) groups excluding carboxylic acids is 1. The lowest BCUT2D eigenvalue weighted by Gasteiger charge is -2.20. The van der Waals surface area contributed by atoms with E-state index in [2.05, 4.69) is 18.3 Å². The number of hydrogen-bond donors (Lipinski definition) is 3. The van der Waals surface area contributed by atoms with Crippen LogP contribution in [0, 0.1) is 13.8 Å². The van der Waals surface area contributed by atoms with Crippen LogP contribution in [0.25, 0.3) is 12.2 Å². The molecule has 2 aromatic carbocycles. The summed E-state index contributed by atoms with van der Waals surface area (Å²) in [5.41, 5.74) is 4.84. The molecule has 180 valence electrons. The van der Waals surface area contributed by atoms with Crippen molar-refractivity contribution in [1.29, 1.82) is 0 Å². The predicted octanol–water partition coefficient (Wildman–Crippen LogP) is 3.50. The number of nitrogens with zero attached hydrogens (tertiary/aromatic N) is 1. The van der Waals surface area contributed by atoms with Crippen molar-refractivity contribution in [1.82, 2.24) is 4.90 Å². The number of aliphatic hydroxyl groups excluding tert-OH is 2. The number of hydrogen-bond acceptors (Lipinski definition) is 6. The summed E-state index contributed by atoms with van der Waals surface area (Å²) in [4.78, 5) is 14.4. The molecule has 0 saturated heterocycles. The van der Waals surface area contributed by atoms with Gasteiger partial charge in [0, 0.05) is 26.1 Å². The zero-order chi connectivity index (χ0) is 24.2. The molecule has 33 heavy (non-hydrogen) atoms. The van der Waals surface area contributed by atoms with Gasteiger partial charge in [0.1, 0.15) is 11.5 Å². The van der Waals surface area contributed by atoms with Crippen molar-refractivity contribution < 1.29 is 24.5 Å². The Kier molecular flexibility index (Phi) is 10.9. The van der Waals surface area contributed by atoms with Crippen molar-refractivity contribution >= 4 is 23.7 Å². The minimum atomic E-state index is -0.156. The average Bonchev–Trinajstić information content (AvgIpc) is 2.80. The van der Waals surface area contributed by atoms with E-state index in [0.29, 0.717) is 37.7 Å². The molecule has 0 fully saturated rings. The van der Waals surface area contributed by atoms with E-state index in [4.69, 9.17) is 19.7 Å². The third-order valence-corrected chi connectivity index (χ3v) is 5.40. The maximum Gasteiger partial charge on any atom is 0.225 e. The van der Waals surface area contributed by atoms with Crippen molar-refractivity contribution in [2.45, 2.75) is 27.2 Å². The van der Waals surface area contributed by atoms with Crippen LogP contribution in [0.2, 0.25) is 0 Å². The van der Waals surface area contributed by atoms with Crippen molar-refractivity contribution in [2.75, 3.05) is 51.9 Å². The largest absolute Gasteiger partial charge is 0.496 e. The maximum absolute atomic E-state index is 12.6. The highest BCUT2D eigenvalue weighted by Gasteiger charge is 2.11. The molecular weight excluding hydrogens is 420 g/mol. The van der Waals surface area contributed by atoms with Gasteiger partial charge < -0.3 is 25.0 Å². The number of amides is 1. The molecule has 0 bridgehead atoms. The van der Waals surface area contributed by atoms with E-state index in [1.807, 2.05) is 55.2 Å². The molecule has 0 atom stereocenters. The normalized spacial score (nSPS) is 11.2. The molecule has 0 saturated carbocycles. The van der Waals surface area contributed by atoms with Crippen LogP contribution in [0.5, 0.6) is 11.5 Å². The molecule has 1 amide bonds. The van der Waals surface area contributed by atoms with Gasteiger partial charge in [-0.05, 0) is 61.2 Å². The molecule has 0 unspecified atom stereocenters. The molecule has 2 rings (SSSR count). The van der Waals surface area contributed by atoms with Gasteiger partial charge in [-0.1, -0.05) is 24.3 Å². The van der Waals surface area contributed by atoms with Crippen LogP contribution in [0.4, 0.5) is 5.69 Å². The smallest absolute Gasteiger partial charge is 0.225 e. The molecule has 3 N–H and O–H groups in total. The van der Waals surface area contributed by atoms with E-state index in [9.17, 15) is 4.79 Å². The van der Waals surface area contributed by atoms with Crippen molar-refractivity contribution in [2.24, 2.45) is 0 Å². The summed E-state index contributed by atoms with van der Waals surface area (Å²) in [6, 6.07) is 9.79. The van der Waals surface area contributed by atoms with E-state index >= 15 is 0 Å². The van der Waals surface area contributed by atoms with Crippen molar-refractivity contribution in [3.8, 4) is 11.5 Å². The number of benzene rings is 2. The quantitative estimate of drug-likeness (QED) is 0.400. The van der Waals surface area contributed by atoms with E-state index < -0.39 is 0 Å². The Balaban J connectivity index is 2.16. The highest BCUT2D eigenvalue weighted by molar-refractivity contribution is 5.93. The van der Waals surface area contributed by atoms with E-state index in [1.165, 1.54) is 0 Å². The van der Waals surface area contributed by atoms with Crippen LogP contribution >= 0.6 is 0 Å². The molecule has 0 radical (unpaired) electrons. The van der Waals surface area contributed by atoms with Crippen LogP contribution in [0.3, 0.4) is 0 Å². The predicted molar refractivity (Wildman–Crippen MR) is 133 cm³/mol. The van der Waals surface area contributed by atoms with E-state index in [1.54, 1.807) is 7.11 Å². The standard InChI is InChI=1S/C26H36N2O5/c1-5-33-24-9-8-21(6-7-22-16-19(2)20(3)25(18-22)32-4)17-23(24)27-26(31)10-11-28(12-14-29)13-15-30/h6-9,16-18,29-30H,5,10-15H2,1-4H3,(H,27,31)/b7-6-. The van der Waals surface area contributed by atoms with Gasteiger partial charge in [-0.25, -0.2) is 0 Å². The molecular formula is C26H36N2O5. The van der Waals surface area contributed by atoms with Gasteiger partial charge in [0.25, 0.3) is 0 Å². The number of methoxy groups -OCH3 is 1. The minimum Gasteiger partial charge on any atom is -0.496 e. The van der Waals surface area contributed by atoms with Crippen LogP contribution in [-0.2, 0) is 4.79 Å². The van der Waals surface area contributed by atoms with Gasteiger partial charge in [-0.2, -0.15) is 0 Å². The number of aryl methyl sites for hydroxylation is 1. The van der Waals surface area contributed by atoms with E-state index in [0.717, 1.165) is 28.0 Å². The fraction of sp³-hybridized carbons (Fsp3) is 0.423. The Hall–Kier alpha value is -2.87. The van der Waals surface area contributed by atoms with Gasteiger partial charge >= 0.3 is 0 Å². The Morgan fingerprint density at radius 3 is 2.33 bits per heavy atom. The molecule has 0 spiro atoms. The topological polar surface area (TPSA) is 91.3 Å². The molecule has 0 aliphatic heterocycles. The lowest BCUT2D eigenvalue weighted by molar-refractivity contribution is -0.116. The molecule has 7 nitrogen and oxygen atoms in total. The number of nitrogens with one attached hydrogen (secondary N) is 1. The molecule has 0 aliphatic rings. The summed E-state index contributed by atoms with van der Waals surface area (Å²) in [5, 5.41) is 21.2. The summed E-state index contributed by atoms with van der Waals surface area (Å²) >= 11 is 0. The Bertz CT molecular complexity index is 937. The summed E-state index contributed by atoms with van der Waals surface area (Å²) in [6.45, 7) is 7.73. The zero-order valence-corrected chi connectivity index (χ0v) is 20.1. The molecule has 7 heteroatoms. The summed E-state index contributed by atoms with van der Waals surface area (Å²) in [5.74, 6) is 1.31. The third kappa shape index (κ3) is 8.20. The second-order valence-electron chi connectivity index (χ2n) is 7.77. The van der Waals surface area contributed by atoms with Crippen LogP contribution in [0.15, 0.2) is 30.3 Å². The van der Waals surface area contributed by atoms with Crippen LogP contribution < -0.4 is 14.8 Å². The van der Waals surface area contributed by atoms with Gasteiger partial charge in [0.15, 0.2) is 0 Å². The summed E-state index contributed by atoms with van der Waals surface area (Å²) in [6.07, 6.45) is 4.24. The molecule has 0 aliphatic carbocycles. The SMILES string of the molecule is CCOc1ccc(/C=C\c2cc(C)c(C)c(OC)c2)cc1NC(=O)CCN(CCO)CCO. The Labute approximate surface area is 196 Å². The first kappa shape index (κ1) is 26.4. The molecule has 0 heterocycles. The highest BCUT2D eigenvalue weighted by atomic mass is 16.5. The fourth-order valence-electron chi connectivity index (χ4n) is 3.48. The second kappa shape index (κ2) is 13.6. The first-order chi connectivity index (χ1) is 15.9. The lowest BCUT2D eigenvalue weighted by Crippen LogP contribution is -2.32. The van der Waals surface area contributed by atoms with Crippen molar-refractivity contribution in [3.05, 3.63) is 52.6 Å². The maximum atomic E-state index is 12.6. The fourth-order valence-corrected chi connectivity index (χ4v) is 3.48. The number of anilines is 1. The van der Waals surface area contributed by atoms with Gasteiger partial charge in [-0.15, -0.1) is 0 Å². The van der Waals surface area contributed by atoms with Crippen molar-refractivity contribution in [3.63, 3.8) is 0 Å². The van der Waals surface area contributed by atoms with Gasteiger partial charge in [0.05, 0.1) is 32.6 Å². The number of ether oxygens (including phenoxy) is 2. The second-order valence-corrected chi connectivity index (χ2v) is 7.77. The highest BCUT2D eigenvalue weighted by Crippen LogP contribution is 2.28. The summed E-state index contributed by atoms with van der Waals surface area (Å²) < 4.78 is 11.2. The lowest BCUT2D eigenvalue weighted by atomic mass is 10.0. The van der Waals surface area contributed by atoms with Gasteiger partial charge in [0.2, 0.25) is 5.91 Å². The zero-order valence-electron chi connectivity index (χ0n) is 20.1. The third-order valence-electron chi connectivity index (χ3n) is 5.40. The van der Waals surface area contributed by atoms with Crippen LogP contribution in [-0.4, -0.2) is 67.6 Å². The first-order valence-corrected chi connectivity index (χ1v) is 11.3. The number of rotatable bonds is 13.